The van der Waals surface area contributed by atoms with Gasteiger partial charge in [-0.05, 0) is 43.2 Å². The molecule has 1 aromatic carbocycles. The van der Waals surface area contributed by atoms with E-state index in [0.717, 1.165) is 57.1 Å². The summed E-state index contributed by atoms with van der Waals surface area (Å²) < 4.78 is 5.71. The van der Waals surface area contributed by atoms with Gasteiger partial charge < -0.3 is 20.7 Å². The molecule has 0 atom stereocenters. The molecule has 0 bridgehead atoms. The van der Waals surface area contributed by atoms with Crippen molar-refractivity contribution in [3.8, 4) is 0 Å². The van der Waals surface area contributed by atoms with E-state index in [1.54, 1.807) is 14.1 Å². The normalized spacial score (nSPS) is 16.2. The van der Waals surface area contributed by atoms with Crippen LogP contribution in [0.3, 0.4) is 0 Å². The summed E-state index contributed by atoms with van der Waals surface area (Å²) in [5.41, 5.74) is 1.81. The summed E-state index contributed by atoms with van der Waals surface area (Å²) in [6.45, 7) is 3.29. The van der Waals surface area contributed by atoms with E-state index < -0.39 is 0 Å². The second kappa shape index (κ2) is 12.5. The van der Waals surface area contributed by atoms with Gasteiger partial charge in [-0.15, -0.1) is 24.0 Å². The van der Waals surface area contributed by atoms with Gasteiger partial charge in [-0.2, -0.15) is 11.8 Å². The Kier molecular flexibility index (Phi) is 11.1. The van der Waals surface area contributed by atoms with Crippen molar-refractivity contribution < 1.29 is 9.53 Å². The van der Waals surface area contributed by atoms with Crippen molar-refractivity contribution >= 4 is 47.6 Å². The van der Waals surface area contributed by atoms with E-state index in [-0.39, 0.29) is 34.6 Å². The predicted molar refractivity (Wildman–Crippen MR) is 125 cm³/mol. The summed E-state index contributed by atoms with van der Waals surface area (Å²) in [5.74, 6) is 0.753. The molecule has 8 heteroatoms. The van der Waals surface area contributed by atoms with Gasteiger partial charge in [0.2, 0.25) is 0 Å². The third kappa shape index (κ3) is 7.50. The standard InChI is InChI=1S/C19H30N4O2S.HI/c1-20-17(24)16-6-4-5-15(13-16)7-10-22-18(21-2)23-14-19(26-3)8-11-25-12-9-19;/h4-6,13H,7-12,14H2,1-3H3,(H,20,24)(H2,21,22,23);1H. The van der Waals surface area contributed by atoms with Crippen LogP contribution in [-0.4, -0.2) is 63.3 Å². The first-order valence-corrected chi connectivity index (χ1v) is 10.2. The molecule has 152 valence electrons. The number of amides is 1. The van der Waals surface area contributed by atoms with Gasteiger partial charge in [0.25, 0.3) is 5.91 Å². The quantitative estimate of drug-likeness (QED) is 0.301. The number of ether oxygens (including phenoxy) is 1. The number of nitrogens with zero attached hydrogens (tertiary/aromatic N) is 1. The van der Waals surface area contributed by atoms with Crippen LogP contribution in [0, 0.1) is 0 Å². The Balaban J connectivity index is 0.00000364. The van der Waals surface area contributed by atoms with Gasteiger partial charge in [0.05, 0.1) is 0 Å². The fourth-order valence-corrected chi connectivity index (χ4v) is 3.79. The Hall–Kier alpha value is -1.00. The first kappa shape index (κ1) is 24.0. The summed E-state index contributed by atoms with van der Waals surface area (Å²) in [6, 6.07) is 7.71. The Morgan fingerprint density at radius 2 is 2.04 bits per heavy atom. The van der Waals surface area contributed by atoms with Crippen LogP contribution >= 0.6 is 35.7 Å². The topological polar surface area (TPSA) is 74.8 Å². The maximum atomic E-state index is 11.7. The molecule has 1 aliphatic heterocycles. The van der Waals surface area contributed by atoms with Crippen molar-refractivity contribution in [1.82, 2.24) is 16.0 Å². The minimum absolute atomic E-state index is 0. The molecule has 6 nitrogen and oxygen atoms in total. The van der Waals surface area contributed by atoms with Crippen molar-refractivity contribution in [2.24, 2.45) is 4.99 Å². The molecule has 1 amide bonds. The highest BCUT2D eigenvalue weighted by Gasteiger charge is 2.31. The van der Waals surface area contributed by atoms with Gasteiger partial charge in [-0.3, -0.25) is 9.79 Å². The van der Waals surface area contributed by atoms with E-state index in [1.807, 2.05) is 36.0 Å². The van der Waals surface area contributed by atoms with Crippen molar-refractivity contribution in [1.29, 1.82) is 0 Å². The van der Waals surface area contributed by atoms with Crippen LogP contribution in [0.1, 0.15) is 28.8 Å². The van der Waals surface area contributed by atoms with E-state index in [2.05, 4.69) is 27.2 Å². The van der Waals surface area contributed by atoms with Crippen molar-refractivity contribution in [3.05, 3.63) is 35.4 Å². The van der Waals surface area contributed by atoms with E-state index in [9.17, 15) is 4.79 Å². The smallest absolute Gasteiger partial charge is 0.251 e. The lowest BCUT2D eigenvalue weighted by Crippen LogP contribution is -2.48. The van der Waals surface area contributed by atoms with Crippen molar-refractivity contribution in [2.45, 2.75) is 24.0 Å². The SMILES string of the molecule is CN=C(NCCc1cccc(C(=O)NC)c1)NCC1(SC)CCOCC1.I. The Bertz CT molecular complexity index is 621. The van der Waals surface area contributed by atoms with E-state index in [0.29, 0.717) is 5.56 Å². The zero-order valence-electron chi connectivity index (χ0n) is 16.3. The van der Waals surface area contributed by atoms with Crippen LogP contribution in [0.5, 0.6) is 0 Å². The van der Waals surface area contributed by atoms with Gasteiger partial charge in [0.15, 0.2) is 5.96 Å². The van der Waals surface area contributed by atoms with E-state index in [4.69, 9.17) is 4.74 Å². The van der Waals surface area contributed by atoms with E-state index in [1.165, 1.54) is 0 Å². The molecule has 0 spiro atoms. The largest absolute Gasteiger partial charge is 0.381 e. The van der Waals surface area contributed by atoms with Gasteiger partial charge >= 0.3 is 0 Å². The average molecular weight is 506 g/mol. The number of hydrogen-bond acceptors (Lipinski definition) is 4. The minimum atomic E-state index is -0.0592. The number of aliphatic imine (C=N–C) groups is 1. The molecular formula is C19H31IN4O2S. The van der Waals surface area contributed by atoms with Gasteiger partial charge in [0.1, 0.15) is 0 Å². The number of nitrogens with one attached hydrogen (secondary N) is 3. The monoisotopic (exact) mass is 506 g/mol. The highest BCUT2D eigenvalue weighted by molar-refractivity contribution is 14.0. The molecule has 0 saturated carbocycles. The molecule has 27 heavy (non-hydrogen) atoms. The first-order chi connectivity index (χ1) is 12.6. The summed E-state index contributed by atoms with van der Waals surface area (Å²) in [6.07, 6.45) is 5.12. The molecule has 1 saturated heterocycles. The number of guanidine groups is 1. The molecule has 2 rings (SSSR count). The molecule has 1 aliphatic rings. The molecule has 1 aromatic rings. The molecule has 3 N–H and O–H groups in total. The third-order valence-corrected chi connectivity index (χ3v) is 6.18. The van der Waals surface area contributed by atoms with Crippen LogP contribution in [0.25, 0.3) is 0 Å². The van der Waals surface area contributed by atoms with Crippen LogP contribution in [-0.2, 0) is 11.2 Å². The lowest BCUT2D eigenvalue weighted by molar-refractivity contribution is 0.0783. The molecule has 1 fully saturated rings. The maximum Gasteiger partial charge on any atom is 0.251 e. The summed E-state index contributed by atoms with van der Waals surface area (Å²) in [5, 5.41) is 9.47. The fourth-order valence-electron chi connectivity index (χ4n) is 3.00. The number of hydrogen-bond donors (Lipinski definition) is 3. The number of thioether (sulfide) groups is 1. The van der Waals surface area contributed by atoms with Gasteiger partial charge in [-0.25, -0.2) is 0 Å². The molecule has 0 unspecified atom stereocenters. The molecule has 0 radical (unpaired) electrons. The third-order valence-electron chi connectivity index (χ3n) is 4.76. The van der Waals surface area contributed by atoms with Crippen LogP contribution in [0.4, 0.5) is 0 Å². The number of carbonyl (C=O) groups excluding carboxylic acids is 1. The maximum absolute atomic E-state index is 11.7. The highest BCUT2D eigenvalue weighted by Crippen LogP contribution is 2.32. The Labute approximate surface area is 183 Å². The second-order valence-corrected chi connectivity index (χ2v) is 7.66. The number of carbonyl (C=O) groups is 1. The average Bonchev–Trinajstić information content (AvgIpc) is 2.70. The zero-order chi connectivity index (χ0) is 18.8. The van der Waals surface area contributed by atoms with Gasteiger partial charge in [0, 0.05) is 50.7 Å². The lowest BCUT2D eigenvalue weighted by Gasteiger charge is -2.36. The first-order valence-electron chi connectivity index (χ1n) is 9.01. The molecular weight excluding hydrogens is 475 g/mol. The Morgan fingerprint density at radius 1 is 1.30 bits per heavy atom. The lowest BCUT2D eigenvalue weighted by atomic mass is 9.99. The fraction of sp³-hybridized carbons (Fsp3) is 0.579. The zero-order valence-corrected chi connectivity index (χ0v) is 19.5. The number of benzene rings is 1. The van der Waals surface area contributed by atoms with Crippen molar-refractivity contribution in [2.75, 3.05) is 46.7 Å². The summed E-state index contributed by atoms with van der Waals surface area (Å²) in [7, 11) is 3.43. The van der Waals surface area contributed by atoms with Gasteiger partial charge in [-0.1, -0.05) is 12.1 Å². The minimum Gasteiger partial charge on any atom is -0.381 e. The van der Waals surface area contributed by atoms with Crippen LogP contribution < -0.4 is 16.0 Å². The predicted octanol–water partition coefficient (Wildman–Crippen LogP) is 2.28. The van der Waals surface area contributed by atoms with Crippen LogP contribution in [0.2, 0.25) is 0 Å². The Morgan fingerprint density at radius 3 is 2.67 bits per heavy atom. The summed E-state index contributed by atoms with van der Waals surface area (Å²) in [4.78, 5) is 16.0. The molecule has 0 aromatic heterocycles. The summed E-state index contributed by atoms with van der Waals surface area (Å²) >= 11 is 1.91. The van der Waals surface area contributed by atoms with Crippen molar-refractivity contribution in [3.63, 3.8) is 0 Å². The molecule has 0 aliphatic carbocycles. The number of rotatable bonds is 7. The molecule has 1 heterocycles. The van der Waals surface area contributed by atoms with E-state index >= 15 is 0 Å². The van der Waals surface area contributed by atoms with Crippen LogP contribution in [0.15, 0.2) is 29.3 Å². The second-order valence-electron chi connectivity index (χ2n) is 6.38. The highest BCUT2D eigenvalue weighted by atomic mass is 127. The number of halogens is 1.